The van der Waals surface area contributed by atoms with Crippen LogP contribution in [-0.4, -0.2) is 17.3 Å². The van der Waals surface area contributed by atoms with Gasteiger partial charge in [0.1, 0.15) is 0 Å². The molecule has 0 fully saturated rings. The average Bonchev–Trinajstić information content (AvgIpc) is 2.46. The highest BCUT2D eigenvalue weighted by Crippen LogP contribution is 2.17. The van der Waals surface area contributed by atoms with E-state index in [1.807, 2.05) is 55.6 Å². The fourth-order valence-electron chi connectivity index (χ4n) is 1.72. The highest BCUT2D eigenvalue weighted by molar-refractivity contribution is 7.98. The Balaban J connectivity index is 1.85. The SMILES string of the molecule is CSc1ccc(NC(=O)NCc2cccc(C)n2)cc1. The number of benzene rings is 1. The van der Waals surface area contributed by atoms with Crippen molar-refractivity contribution in [3.05, 3.63) is 53.9 Å². The van der Waals surface area contributed by atoms with Gasteiger partial charge in [-0.15, -0.1) is 11.8 Å². The number of rotatable bonds is 4. The molecule has 0 bridgehead atoms. The largest absolute Gasteiger partial charge is 0.332 e. The van der Waals surface area contributed by atoms with E-state index < -0.39 is 0 Å². The maximum absolute atomic E-state index is 11.8. The summed E-state index contributed by atoms with van der Waals surface area (Å²) in [5.41, 5.74) is 2.56. The molecular formula is C15H17N3OS. The second-order valence-corrected chi connectivity index (χ2v) is 5.19. The first-order valence-electron chi connectivity index (χ1n) is 6.29. The second kappa shape index (κ2) is 6.96. The number of carbonyl (C=O) groups excluding carboxylic acids is 1. The van der Waals surface area contributed by atoms with Crippen LogP contribution in [0.3, 0.4) is 0 Å². The molecule has 0 atom stereocenters. The molecule has 2 rings (SSSR count). The minimum atomic E-state index is -0.231. The molecule has 2 aromatic rings. The van der Waals surface area contributed by atoms with Crippen LogP contribution in [0.1, 0.15) is 11.4 Å². The van der Waals surface area contributed by atoms with Gasteiger partial charge in [0, 0.05) is 16.3 Å². The van der Waals surface area contributed by atoms with Gasteiger partial charge in [0.2, 0.25) is 0 Å². The molecule has 104 valence electrons. The van der Waals surface area contributed by atoms with Crippen molar-refractivity contribution in [3.8, 4) is 0 Å². The summed E-state index contributed by atoms with van der Waals surface area (Å²) < 4.78 is 0. The van der Waals surface area contributed by atoms with Gasteiger partial charge in [-0.2, -0.15) is 0 Å². The quantitative estimate of drug-likeness (QED) is 0.847. The van der Waals surface area contributed by atoms with Crippen LogP contribution in [0.5, 0.6) is 0 Å². The molecule has 20 heavy (non-hydrogen) atoms. The van der Waals surface area contributed by atoms with Crippen molar-refractivity contribution in [3.63, 3.8) is 0 Å². The zero-order chi connectivity index (χ0) is 14.4. The van der Waals surface area contributed by atoms with Gasteiger partial charge < -0.3 is 10.6 Å². The summed E-state index contributed by atoms with van der Waals surface area (Å²) in [7, 11) is 0. The van der Waals surface area contributed by atoms with Crippen molar-refractivity contribution < 1.29 is 4.79 Å². The third kappa shape index (κ3) is 4.28. The first-order chi connectivity index (χ1) is 9.67. The van der Waals surface area contributed by atoms with Crippen LogP contribution in [0.4, 0.5) is 10.5 Å². The van der Waals surface area contributed by atoms with E-state index in [0.29, 0.717) is 6.54 Å². The maximum Gasteiger partial charge on any atom is 0.319 e. The lowest BCUT2D eigenvalue weighted by molar-refractivity contribution is 0.251. The molecule has 0 unspecified atom stereocenters. The number of aromatic nitrogens is 1. The summed E-state index contributed by atoms with van der Waals surface area (Å²) in [6.45, 7) is 2.34. The summed E-state index contributed by atoms with van der Waals surface area (Å²) in [5.74, 6) is 0. The van der Waals surface area contributed by atoms with Crippen molar-refractivity contribution in [2.24, 2.45) is 0 Å². The zero-order valence-corrected chi connectivity index (χ0v) is 12.3. The van der Waals surface area contributed by atoms with Gasteiger partial charge in [0.25, 0.3) is 0 Å². The molecule has 2 amide bonds. The van der Waals surface area contributed by atoms with Crippen LogP contribution in [0, 0.1) is 6.92 Å². The minimum Gasteiger partial charge on any atom is -0.332 e. The van der Waals surface area contributed by atoms with Crippen LogP contribution in [0.2, 0.25) is 0 Å². The minimum absolute atomic E-state index is 0.231. The molecule has 0 saturated heterocycles. The lowest BCUT2D eigenvalue weighted by Gasteiger charge is -2.08. The summed E-state index contributed by atoms with van der Waals surface area (Å²) >= 11 is 1.67. The van der Waals surface area contributed by atoms with E-state index in [1.165, 1.54) is 4.90 Å². The van der Waals surface area contributed by atoms with Crippen molar-refractivity contribution in [1.82, 2.24) is 10.3 Å². The van der Waals surface area contributed by atoms with Gasteiger partial charge in [-0.25, -0.2) is 4.79 Å². The summed E-state index contributed by atoms with van der Waals surface area (Å²) in [5, 5.41) is 5.58. The molecule has 0 aliphatic heterocycles. The third-order valence-corrected chi connectivity index (χ3v) is 3.47. The smallest absolute Gasteiger partial charge is 0.319 e. The van der Waals surface area contributed by atoms with Crippen LogP contribution in [0.25, 0.3) is 0 Å². The van der Waals surface area contributed by atoms with E-state index in [4.69, 9.17) is 0 Å². The van der Waals surface area contributed by atoms with Crippen LogP contribution < -0.4 is 10.6 Å². The fourth-order valence-corrected chi connectivity index (χ4v) is 2.13. The fraction of sp³-hybridized carbons (Fsp3) is 0.200. The molecule has 0 aliphatic carbocycles. The molecule has 1 aromatic carbocycles. The van der Waals surface area contributed by atoms with Gasteiger partial charge in [0.05, 0.1) is 12.2 Å². The number of amides is 2. The molecule has 2 N–H and O–H groups in total. The maximum atomic E-state index is 11.8. The molecule has 0 aliphatic rings. The Morgan fingerprint density at radius 1 is 1.20 bits per heavy atom. The number of pyridine rings is 1. The standard InChI is InChI=1S/C15H17N3OS/c1-11-4-3-5-13(17-11)10-16-15(19)18-12-6-8-14(20-2)9-7-12/h3-9H,10H2,1-2H3,(H2,16,18,19). The summed E-state index contributed by atoms with van der Waals surface area (Å²) in [6.07, 6.45) is 2.02. The number of nitrogens with zero attached hydrogens (tertiary/aromatic N) is 1. The molecule has 0 radical (unpaired) electrons. The number of thioether (sulfide) groups is 1. The van der Waals surface area contributed by atoms with E-state index in [2.05, 4.69) is 15.6 Å². The predicted octanol–water partition coefficient (Wildman–Crippen LogP) is 3.43. The number of carbonyl (C=O) groups is 1. The Hall–Kier alpha value is -2.01. The predicted molar refractivity (Wildman–Crippen MR) is 83.1 cm³/mol. The van der Waals surface area contributed by atoms with E-state index in [0.717, 1.165) is 17.1 Å². The van der Waals surface area contributed by atoms with Crippen molar-refractivity contribution in [2.45, 2.75) is 18.4 Å². The van der Waals surface area contributed by atoms with Gasteiger partial charge in [0.15, 0.2) is 0 Å². The number of hydrogen-bond acceptors (Lipinski definition) is 3. The lowest BCUT2D eigenvalue weighted by atomic mass is 10.3. The Bertz CT molecular complexity index is 584. The Morgan fingerprint density at radius 2 is 1.95 bits per heavy atom. The lowest BCUT2D eigenvalue weighted by Crippen LogP contribution is -2.28. The normalized spacial score (nSPS) is 10.1. The average molecular weight is 287 g/mol. The number of aryl methyl sites for hydroxylation is 1. The molecule has 5 heteroatoms. The van der Waals surface area contributed by atoms with E-state index in [-0.39, 0.29) is 6.03 Å². The monoisotopic (exact) mass is 287 g/mol. The Morgan fingerprint density at radius 3 is 2.60 bits per heavy atom. The van der Waals surface area contributed by atoms with Crippen LogP contribution in [0.15, 0.2) is 47.4 Å². The number of hydrogen-bond donors (Lipinski definition) is 2. The molecular weight excluding hydrogens is 270 g/mol. The first kappa shape index (κ1) is 14.4. The van der Waals surface area contributed by atoms with Crippen molar-refractivity contribution in [1.29, 1.82) is 0 Å². The molecule has 1 heterocycles. The summed E-state index contributed by atoms with van der Waals surface area (Å²) in [6, 6.07) is 13.2. The molecule has 4 nitrogen and oxygen atoms in total. The van der Waals surface area contributed by atoms with Crippen molar-refractivity contribution in [2.75, 3.05) is 11.6 Å². The highest BCUT2D eigenvalue weighted by atomic mass is 32.2. The van der Waals surface area contributed by atoms with Crippen LogP contribution >= 0.6 is 11.8 Å². The first-order valence-corrected chi connectivity index (χ1v) is 7.51. The van der Waals surface area contributed by atoms with E-state index in [9.17, 15) is 4.79 Å². The number of nitrogens with one attached hydrogen (secondary N) is 2. The molecule has 0 saturated carbocycles. The number of anilines is 1. The van der Waals surface area contributed by atoms with Gasteiger partial charge in [-0.05, 0) is 49.6 Å². The van der Waals surface area contributed by atoms with Crippen LogP contribution in [-0.2, 0) is 6.54 Å². The molecule has 0 spiro atoms. The van der Waals surface area contributed by atoms with Crippen molar-refractivity contribution >= 4 is 23.5 Å². The second-order valence-electron chi connectivity index (χ2n) is 4.31. The van der Waals surface area contributed by atoms with Gasteiger partial charge in [-0.1, -0.05) is 6.07 Å². The third-order valence-electron chi connectivity index (χ3n) is 2.72. The highest BCUT2D eigenvalue weighted by Gasteiger charge is 2.02. The zero-order valence-electron chi connectivity index (χ0n) is 11.5. The van der Waals surface area contributed by atoms with E-state index in [1.54, 1.807) is 11.8 Å². The Labute approximate surface area is 123 Å². The van der Waals surface area contributed by atoms with Gasteiger partial charge in [-0.3, -0.25) is 4.98 Å². The Kier molecular flexibility index (Phi) is 5.01. The van der Waals surface area contributed by atoms with E-state index >= 15 is 0 Å². The number of urea groups is 1. The summed E-state index contributed by atoms with van der Waals surface area (Å²) in [4.78, 5) is 17.3. The topological polar surface area (TPSA) is 54.0 Å². The molecule has 1 aromatic heterocycles. The van der Waals surface area contributed by atoms with Gasteiger partial charge >= 0.3 is 6.03 Å².